The van der Waals surface area contributed by atoms with Crippen LogP contribution >= 0.6 is 11.3 Å². The average molecular weight is 302 g/mol. The Balaban J connectivity index is 2.04. The lowest BCUT2D eigenvalue weighted by Gasteiger charge is -2.11. The van der Waals surface area contributed by atoms with Crippen LogP contribution < -0.4 is 10.5 Å². The molecule has 1 fully saturated rings. The van der Waals surface area contributed by atoms with Crippen LogP contribution in [0.2, 0.25) is 0 Å². The molecule has 2 N–H and O–H groups in total. The van der Waals surface area contributed by atoms with Gasteiger partial charge in [-0.3, -0.25) is 4.57 Å². The van der Waals surface area contributed by atoms with Crippen LogP contribution in [0.4, 0.5) is 10.5 Å². The Morgan fingerprint density at radius 3 is 2.71 bits per heavy atom. The first-order valence-corrected chi connectivity index (χ1v) is 7.84. The number of aryl methyl sites for hydroxylation is 1. The van der Waals surface area contributed by atoms with E-state index in [9.17, 15) is 4.79 Å². The quantitative estimate of drug-likeness (QED) is 0.823. The van der Waals surface area contributed by atoms with E-state index < -0.39 is 0 Å². The molecule has 0 aliphatic carbocycles. The molecule has 5 nitrogen and oxygen atoms in total. The first-order valence-electron chi connectivity index (χ1n) is 7.03. The second-order valence-electron chi connectivity index (χ2n) is 5.14. The predicted molar refractivity (Wildman–Crippen MR) is 84.6 cm³/mol. The summed E-state index contributed by atoms with van der Waals surface area (Å²) in [4.78, 5) is 20.1. The number of amides is 2. The van der Waals surface area contributed by atoms with Crippen LogP contribution in [-0.4, -0.2) is 28.6 Å². The smallest absolute Gasteiger partial charge is 0.346 e. The number of carbonyl (C=O) groups is 1. The van der Waals surface area contributed by atoms with Gasteiger partial charge in [0.1, 0.15) is 0 Å². The summed E-state index contributed by atoms with van der Waals surface area (Å²) in [6.07, 6.45) is 4.10. The van der Waals surface area contributed by atoms with Gasteiger partial charge >= 0.3 is 6.03 Å². The van der Waals surface area contributed by atoms with Crippen molar-refractivity contribution in [3.05, 3.63) is 40.1 Å². The van der Waals surface area contributed by atoms with Crippen molar-refractivity contribution in [2.24, 2.45) is 4.99 Å². The van der Waals surface area contributed by atoms with Gasteiger partial charge in [-0.1, -0.05) is 12.1 Å². The fourth-order valence-corrected chi connectivity index (χ4v) is 3.29. The summed E-state index contributed by atoms with van der Waals surface area (Å²) in [5.74, 6) is 0. The molecule has 0 spiro atoms. The molecule has 1 aliphatic rings. The molecule has 2 heterocycles. The van der Waals surface area contributed by atoms with E-state index in [2.05, 4.69) is 4.99 Å². The predicted octanol–water partition coefficient (Wildman–Crippen LogP) is 2.55. The zero-order valence-corrected chi connectivity index (χ0v) is 12.8. The van der Waals surface area contributed by atoms with Gasteiger partial charge in [-0.2, -0.15) is 4.99 Å². The molecule has 0 bridgehead atoms. The van der Waals surface area contributed by atoms with Crippen LogP contribution in [0, 0.1) is 6.92 Å². The van der Waals surface area contributed by atoms with E-state index in [0.29, 0.717) is 10.5 Å². The van der Waals surface area contributed by atoms with Crippen molar-refractivity contribution < 1.29 is 4.79 Å². The van der Waals surface area contributed by atoms with Gasteiger partial charge in [0.2, 0.25) is 0 Å². The number of rotatable bonds is 1. The number of thiazole rings is 1. The molecule has 0 atom stereocenters. The second-order valence-corrected chi connectivity index (χ2v) is 6.35. The number of nitrogens with zero attached hydrogens (tertiary/aromatic N) is 3. The van der Waals surface area contributed by atoms with Crippen LogP contribution in [0.3, 0.4) is 0 Å². The lowest BCUT2D eigenvalue weighted by Crippen LogP contribution is -2.27. The second kappa shape index (κ2) is 5.73. The fraction of sp³-hybridized carbons (Fsp3) is 0.333. The van der Waals surface area contributed by atoms with Crippen molar-refractivity contribution in [1.82, 2.24) is 9.47 Å². The molecule has 1 aliphatic heterocycles. The van der Waals surface area contributed by atoms with Gasteiger partial charge in [0.05, 0.1) is 11.4 Å². The van der Waals surface area contributed by atoms with Crippen LogP contribution in [0.15, 0.2) is 35.5 Å². The highest BCUT2D eigenvalue weighted by atomic mass is 32.1. The maximum absolute atomic E-state index is 12.2. The van der Waals surface area contributed by atoms with E-state index in [1.54, 1.807) is 4.90 Å². The average Bonchev–Trinajstić information content (AvgIpc) is 3.09. The zero-order chi connectivity index (χ0) is 14.8. The van der Waals surface area contributed by atoms with E-state index >= 15 is 0 Å². The zero-order valence-electron chi connectivity index (χ0n) is 12.0. The van der Waals surface area contributed by atoms with Crippen molar-refractivity contribution in [1.29, 1.82) is 0 Å². The van der Waals surface area contributed by atoms with Crippen LogP contribution in [0.5, 0.6) is 0 Å². The highest BCUT2D eigenvalue weighted by molar-refractivity contribution is 7.09. The van der Waals surface area contributed by atoms with E-state index in [1.165, 1.54) is 11.3 Å². The minimum atomic E-state index is -0.155. The number of anilines is 1. The summed E-state index contributed by atoms with van der Waals surface area (Å²) in [7, 11) is 0. The molecule has 1 aromatic heterocycles. The van der Waals surface area contributed by atoms with Gasteiger partial charge in [0.25, 0.3) is 0 Å². The Morgan fingerprint density at radius 1 is 1.29 bits per heavy atom. The Labute approximate surface area is 127 Å². The molecule has 2 amide bonds. The van der Waals surface area contributed by atoms with E-state index in [0.717, 1.165) is 36.5 Å². The Bertz CT molecular complexity index is 725. The molecule has 0 radical (unpaired) electrons. The molecule has 0 saturated carbocycles. The summed E-state index contributed by atoms with van der Waals surface area (Å²) in [6.45, 7) is 3.61. The molecule has 1 saturated heterocycles. The van der Waals surface area contributed by atoms with Gasteiger partial charge in [-0.25, -0.2) is 4.79 Å². The van der Waals surface area contributed by atoms with Gasteiger partial charge in [0, 0.05) is 24.2 Å². The standard InChI is InChI=1S/C15H18N4OS/c1-11-10-19(13-7-3-2-6-12(13)16)15(21-11)17-14(20)18-8-4-5-9-18/h2-3,6-7,10H,4-5,8-9,16H2,1H3/b17-15-. The lowest BCUT2D eigenvalue weighted by atomic mass is 10.3. The Hall–Kier alpha value is -2.08. The summed E-state index contributed by atoms with van der Waals surface area (Å²) in [5.41, 5.74) is 7.56. The number of nitrogen functional groups attached to an aromatic ring is 1. The van der Waals surface area contributed by atoms with Crippen molar-refractivity contribution in [3.63, 3.8) is 0 Å². The van der Waals surface area contributed by atoms with E-state index in [4.69, 9.17) is 5.73 Å². The third-order valence-corrected chi connectivity index (χ3v) is 4.43. The molecule has 2 aromatic rings. The number of hydrogen-bond acceptors (Lipinski definition) is 3. The maximum atomic E-state index is 12.2. The molecule has 110 valence electrons. The van der Waals surface area contributed by atoms with Crippen LogP contribution in [0.25, 0.3) is 5.69 Å². The fourth-order valence-electron chi connectivity index (χ4n) is 2.47. The summed E-state index contributed by atoms with van der Waals surface area (Å²) >= 11 is 1.50. The van der Waals surface area contributed by atoms with Crippen molar-refractivity contribution in [2.75, 3.05) is 18.8 Å². The molecular formula is C15H18N4OS. The van der Waals surface area contributed by atoms with Gasteiger partial charge < -0.3 is 10.6 Å². The number of aromatic nitrogens is 1. The Morgan fingerprint density at radius 2 is 2.00 bits per heavy atom. The molecule has 3 rings (SSSR count). The maximum Gasteiger partial charge on any atom is 0.346 e. The molecule has 6 heteroatoms. The largest absolute Gasteiger partial charge is 0.397 e. The molecular weight excluding hydrogens is 284 g/mol. The van der Waals surface area contributed by atoms with E-state index in [1.807, 2.05) is 42.0 Å². The van der Waals surface area contributed by atoms with Gasteiger partial charge in [-0.15, -0.1) is 11.3 Å². The SMILES string of the molecule is Cc1cn(-c2ccccc2N)/c(=N/C(=O)N2CCCC2)s1. The number of hydrogen-bond donors (Lipinski definition) is 1. The summed E-state index contributed by atoms with van der Waals surface area (Å²) in [5, 5.41) is 0. The monoisotopic (exact) mass is 302 g/mol. The summed E-state index contributed by atoms with van der Waals surface area (Å²) in [6, 6.07) is 7.45. The first kappa shape index (κ1) is 13.9. The van der Waals surface area contributed by atoms with Gasteiger partial charge in [0.15, 0.2) is 4.80 Å². The number of para-hydroxylation sites is 2. The minimum Gasteiger partial charge on any atom is -0.397 e. The summed E-state index contributed by atoms with van der Waals surface area (Å²) < 4.78 is 1.89. The lowest BCUT2D eigenvalue weighted by molar-refractivity contribution is 0.218. The molecule has 0 unspecified atom stereocenters. The van der Waals surface area contributed by atoms with Crippen LogP contribution in [-0.2, 0) is 0 Å². The number of likely N-dealkylation sites (tertiary alicyclic amines) is 1. The van der Waals surface area contributed by atoms with Gasteiger partial charge in [-0.05, 0) is 31.9 Å². The Kier molecular flexibility index (Phi) is 3.79. The highest BCUT2D eigenvalue weighted by Gasteiger charge is 2.17. The topological polar surface area (TPSA) is 63.6 Å². The number of nitrogens with two attached hydrogens (primary N) is 1. The third kappa shape index (κ3) is 2.85. The number of benzene rings is 1. The molecule has 21 heavy (non-hydrogen) atoms. The highest BCUT2D eigenvalue weighted by Crippen LogP contribution is 2.17. The van der Waals surface area contributed by atoms with E-state index in [-0.39, 0.29) is 6.03 Å². The number of carbonyl (C=O) groups excluding carboxylic acids is 1. The van der Waals surface area contributed by atoms with Crippen molar-refractivity contribution >= 4 is 23.1 Å². The normalized spacial score (nSPS) is 15.7. The van der Waals surface area contributed by atoms with Crippen molar-refractivity contribution in [2.45, 2.75) is 19.8 Å². The minimum absolute atomic E-state index is 0.155. The first-order chi connectivity index (χ1) is 10.1. The number of urea groups is 1. The van der Waals surface area contributed by atoms with Crippen LogP contribution in [0.1, 0.15) is 17.7 Å². The van der Waals surface area contributed by atoms with Crippen molar-refractivity contribution in [3.8, 4) is 5.69 Å². The molecule has 1 aromatic carbocycles. The third-order valence-electron chi connectivity index (χ3n) is 3.53.